The van der Waals surface area contributed by atoms with E-state index in [9.17, 15) is 4.79 Å². The second kappa shape index (κ2) is 11.1. The number of anilines is 1. The molecule has 29 heavy (non-hydrogen) atoms. The van der Waals surface area contributed by atoms with Gasteiger partial charge < -0.3 is 4.74 Å². The number of benzene rings is 1. The van der Waals surface area contributed by atoms with Gasteiger partial charge in [-0.25, -0.2) is 4.98 Å². The zero-order valence-corrected chi connectivity index (χ0v) is 18.1. The van der Waals surface area contributed by atoms with E-state index in [1.807, 2.05) is 11.4 Å². The Balaban J connectivity index is 1.51. The van der Waals surface area contributed by atoms with Crippen LogP contribution in [0.1, 0.15) is 55.8 Å². The highest BCUT2D eigenvalue weighted by Gasteiger charge is 2.17. The number of nitrogens with zero attached hydrogens (tertiary/aromatic N) is 3. The molecule has 0 amide bonds. The highest BCUT2D eigenvalue weighted by molar-refractivity contribution is 7.13. The second-order valence-electron chi connectivity index (χ2n) is 7.45. The van der Waals surface area contributed by atoms with E-state index in [2.05, 4.69) is 45.7 Å². The first-order valence-electron chi connectivity index (χ1n) is 10.3. The molecule has 2 aromatic rings. The van der Waals surface area contributed by atoms with Gasteiger partial charge in [0, 0.05) is 18.0 Å². The van der Waals surface area contributed by atoms with Crippen molar-refractivity contribution < 1.29 is 9.53 Å². The van der Waals surface area contributed by atoms with Gasteiger partial charge in [0.2, 0.25) is 5.13 Å². The zero-order valence-electron chi connectivity index (χ0n) is 17.3. The Hall–Kier alpha value is -2.25. The number of hydrazone groups is 1. The lowest BCUT2D eigenvalue weighted by molar-refractivity contribution is -0.142. The van der Waals surface area contributed by atoms with Crippen molar-refractivity contribution in [2.75, 3.05) is 19.1 Å². The van der Waals surface area contributed by atoms with Gasteiger partial charge in [0.25, 0.3) is 0 Å². The maximum absolute atomic E-state index is 11.5. The van der Waals surface area contributed by atoms with Crippen molar-refractivity contribution >= 4 is 28.7 Å². The minimum atomic E-state index is -0.261. The number of carbonyl (C=O) groups excluding carboxylic acids is 1. The molecule has 1 saturated carbocycles. The van der Waals surface area contributed by atoms with Gasteiger partial charge in [-0.2, -0.15) is 5.10 Å². The van der Waals surface area contributed by atoms with Crippen LogP contribution in [-0.4, -0.2) is 41.8 Å². The maximum Gasteiger partial charge on any atom is 0.311 e. The van der Waals surface area contributed by atoms with Gasteiger partial charge >= 0.3 is 5.97 Å². The van der Waals surface area contributed by atoms with Gasteiger partial charge in [-0.3, -0.25) is 15.1 Å². The number of ether oxygens (including phenoxy) is 1. The smallest absolute Gasteiger partial charge is 0.311 e. The van der Waals surface area contributed by atoms with E-state index in [1.54, 1.807) is 13.1 Å². The highest BCUT2D eigenvalue weighted by Crippen LogP contribution is 2.23. The van der Waals surface area contributed by atoms with Crippen molar-refractivity contribution in [3.63, 3.8) is 0 Å². The fraction of sp³-hybridized carbons (Fsp3) is 0.500. The summed E-state index contributed by atoms with van der Waals surface area (Å²) >= 11 is 1.42. The van der Waals surface area contributed by atoms with Gasteiger partial charge in [0.1, 0.15) is 0 Å². The molecular weight excluding hydrogens is 384 g/mol. The number of hydrogen-bond donors (Lipinski definition) is 1. The Labute approximate surface area is 177 Å². The molecule has 1 aliphatic rings. The van der Waals surface area contributed by atoms with Gasteiger partial charge in [0.15, 0.2) is 0 Å². The molecule has 0 spiro atoms. The van der Waals surface area contributed by atoms with Crippen LogP contribution in [0.15, 0.2) is 34.7 Å². The standard InChI is InChI=1S/C22H30N4O2S/c1-3-28-21(27)13-19-16-29-22(24-19)25-23-14-17-8-7-9-18(12-17)15-26(2)20-10-5-4-6-11-20/h7-9,12,14,16,20H,3-6,10-11,13,15H2,1-2H3,(H,24,25). The van der Waals surface area contributed by atoms with Crippen LogP contribution >= 0.6 is 11.3 Å². The fourth-order valence-electron chi connectivity index (χ4n) is 3.67. The third-order valence-corrected chi connectivity index (χ3v) is 5.93. The first-order chi connectivity index (χ1) is 14.1. The molecule has 0 aliphatic heterocycles. The summed E-state index contributed by atoms with van der Waals surface area (Å²) in [5, 5.41) is 6.80. The fourth-order valence-corrected chi connectivity index (χ4v) is 4.33. The van der Waals surface area contributed by atoms with Crippen LogP contribution in [0.2, 0.25) is 0 Å². The first kappa shape index (κ1) is 21.5. The topological polar surface area (TPSA) is 66.8 Å². The lowest BCUT2D eigenvalue weighted by Gasteiger charge is -2.31. The molecule has 1 aromatic heterocycles. The highest BCUT2D eigenvalue weighted by atomic mass is 32.1. The first-order valence-corrected chi connectivity index (χ1v) is 11.2. The third kappa shape index (κ3) is 6.94. The Kier molecular flexibility index (Phi) is 8.19. The van der Waals surface area contributed by atoms with Crippen LogP contribution in [-0.2, 0) is 22.5 Å². The summed E-state index contributed by atoms with van der Waals surface area (Å²) in [6, 6.07) is 9.18. The largest absolute Gasteiger partial charge is 0.466 e. The van der Waals surface area contributed by atoms with Crippen molar-refractivity contribution in [1.29, 1.82) is 0 Å². The number of hydrogen-bond acceptors (Lipinski definition) is 7. The Morgan fingerprint density at radius 2 is 2.21 bits per heavy atom. The van der Waals surface area contributed by atoms with Gasteiger partial charge in [-0.1, -0.05) is 37.5 Å². The van der Waals surface area contributed by atoms with Crippen molar-refractivity contribution in [2.45, 2.75) is 58.0 Å². The number of aromatic nitrogens is 1. The zero-order chi connectivity index (χ0) is 20.5. The number of esters is 1. The van der Waals surface area contributed by atoms with Crippen LogP contribution in [0.25, 0.3) is 0 Å². The van der Waals surface area contributed by atoms with Gasteiger partial charge in [-0.15, -0.1) is 11.3 Å². The molecule has 1 fully saturated rings. The summed E-state index contributed by atoms with van der Waals surface area (Å²) in [4.78, 5) is 18.4. The van der Waals surface area contributed by atoms with E-state index in [0.29, 0.717) is 23.5 Å². The molecular formula is C22H30N4O2S. The molecule has 1 heterocycles. The van der Waals surface area contributed by atoms with Crippen LogP contribution in [0.4, 0.5) is 5.13 Å². The van der Waals surface area contributed by atoms with Crippen LogP contribution in [0, 0.1) is 0 Å². The van der Waals surface area contributed by atoms with E-state index >= 15 is 0 Å². The molecule has 0 atom stereocenters. The molecule has 6 nitrogen and oxygen atoms in total. The Morgan fingerprint density at radius 1 is 1.38 bits per heavy atom. The summed E-state index contributed by atoms with van der Waals surface area (Å²) in [6.45, 7) is 3.14. The molecule has 1 N–H and O–H groups in total. The molecule has 0 saturated heterocycles. The van der Waals surface area contributed by atoms with Gasteiger partial charge in [-0.05, 0) is 44.0 Å². The monoisotopic (exact) mass is 414 g/mol. The Morgan fingerprint density at radius 3 is 3.00 bits per heavy atom. The normalized spacial score (nSPS) is 15.1. The van der Waals surface area contributed by atoms with Crippen molar-refractivity contribution in [3.8, 4) is 0 Å². The van der Waals surface area contributed by atoms with Crippen LogP contribution in [0.3, 0.4) is 0 Å². The summed E-state index contributed by atoms with van der Waals surface area (Å²) in [5.41, 5.74) is 5.99. The molecule has 0 radical (unpaired) electrons. The lowest BCUT2D eigenvalue weighted by atomic mass is 9.94. The molecule has 7 heteroatoms. The van der Waals surface area contributed by atoms with E-state index in [-0.39, 0.29) is 12.4 Å². The SMILES string of the molecule is CCOC(=O)Cc1csc(NN=Cc2cccc(CN(C)C3CCCCC3)c2)n1. The van der Waals surface area contributed by atoms with Crippen molar-refractivity contribution in [1.82, 2.24) is 9.88 Å². The number of rotatable bonds is 9. The molecule has 156 valence electrons. The van der Waals surface area contributed by atoms with Crippen molar-refractivity contribution in [2.24, 2.45) is 5.10 Å². The van der Waals surface area contributed by atoms with Crippen molar-refractivity contribution in [3.05, 3.63) is 46.5 Å². The number of carbonyl (C=O) groups is 1. The Bertz CT molecular complexity index is 815. The minimum Gasteiger partial charge on any atom is -0.466 e. The summed E-state index contributed by atoms with van der Waals surface area (Å²) in [5.74, 6) is -0.261. The third-order valence-electron chi connectivity index (χ3n) is 5.14. The quantitative estimate of drug-likeness (QED) is 0.373. The molecule has 0 bridgehead atoms. The summed E-state index contributed by atoms with van der Waals surface area (Å²) in [7, 11) is 2.23. The number of thiazole rings is 1. The van der Waals surface area contributed by atoms with Crippen LogP contribution in [0.5, 0.6) is 0 Å². The molecule has 1 aliphatic carbocycles. The average Bonchev–Trinajstić information content (AvgIpc) is 3.16. The van der Waals surface area contributed by atoms with Crippen LogP contribution < -0.4 is 5.43 Å². The predicted molar refractivity (Wildman–Crippen MR) is 118 cm³/mol. The van der Waals surface area contributed by atoms with E-state index in [1.165, 1.54) is 49.0 Å². The number of nitrogens with one attached hydrogen (secondary N) is 1. The summed E-state index contributed by atoms with van der Waals surface area (Å²) < 4.78 is 4.94. The summed E-state index contributed by atoms with van der Waals surface area (Å²) in [6.07, 6.45) is 8.70. The predicted octanol–water partition coefficient (Wildman–Crippen LogP) is 4.46. The maximum atomic E-state index is 11.5. The molecule has 1 aromatic carbocycles. The second-order valence-corrected chi connectivity index (χ2v) is 8.31. The van der Waals surface area contributed by atoms with E-state index in [4.69, 9.17) is 4.74 Å². The van der Waals surface area contributed by atoms with Gasteiger partial charge in [0.05, 0.1) is 24.9 Å². The van der Waals surface area contributed by atoms with E-state index in [0.717, 1.165) is 12.1 Å². The average molecular weight is 415 g/mol. The molecule has 3 rings (SSSR count). The minimum absolute atomic E-state index is 0.187. The van der Waals surface area contributed by atoms with E-state index < -0.39 is 0 Å². The molecule has 0 unspecified atom stereocenters. The lowest BCUT2D eigenvalue weighted by Crippen LogP contribution is -2.32.